The van der Waals surface area contributed by atoms with Crippen LogP contribution >= 0.6 is 11.8 Å². The monoisotopic (exact) mass is 364 g/mol. The third-order valence-corrected chi connectivity index (χ3v) is 1.82. The van der Waals surface area contributed by atoms with Gasteiger partial charge in [0.1, 0.15) is 6.04 Å². The first kappa shape index (κ1) is 14.5. The van der Waals surface area contributed by atoms with Crippen molar-refractivity contribution in [3.8, 4) is 0 Å². The summed E-state index contributed by atoms with van der Waals surface area (Å²) in [7, 11) is 0. The molecule has 0 aromatic heterocycles. The first-order chi connectivity index (χ1) is 5.22. The quantitative estimate of drug-likeness (QED) is 0.649. The molecule has 0 aliphatic heterocycles. The summed E-state index contributed by atoms with van der Waals surface area (Å²) in [6, 6.07) is -0.736. The van der Waals surface area contributed by atoms with Crippen LogP contribution in [0.3, 0.4) is 0 Å². The van der Waals surface area contributed by atoms with Crippen molar-refractivity contribution < 1.29 is 35.1 Å². The van der Waals surface area contributed by atoms with E-state index in [0.717, 1.165) is 5.75 Å². The van der Waals surface area contributed by atoms with Crippen LogP contribution < -0.4 is 5.32 Å². The molecule has 0 heterocycles. The molecule has 0 aliphatic carbocycles. The molecule has 6 heteroatoms. The van der Waals surface area contributed by atoms with E-state index in [2.05, 4.69) is 5.32 Å². The van der Waals surface area contributed by atoms with Crippen molar-refractivity contribution in [2.75, 3.05) is 12.0 Å². The van der Waals surface area contributed by atoms with Gasteiger partial charge >= 0.3 is 5.97 Å². The van der Waals surface area contributed by atoms with Crippen molar-refractivity contribution in [1.29, 1.82) is 0 Å². The van der Waals surface area contributed by atoms with Crippen LogP contribution in [0.1, 0.15) is 6.42 Å². The normalized spacial score (nSPS) is 11.1. The molecule has 0 rings (SSSR count). The van der Waals surface area contributed by atoms with E-state index in [4.69, 9.17) is 5.11 Å². The fourth-order valence-electron chi connectivity index (χ4n) is 0.596. The average Bonchev–Trinajstić information content (AvgIpc) is 1.97. The van der Waals surface area contributed by atoms with Crippen molar-refractivity contribution in [2.24, 2.45) is 0 Å². The Balaban J connectivity index is 0. The summed E-state index contributed by atoms with van der Waals surface area (Å²) >= 11 is 1.55. The Morgan fingerprint density at radius 3 is 2.67 bits per heavy atom. The van der Waals surface area contributed by atoms with Gasteiger partial charge in [-0.3, -0.25) is 4.79 Å². The summed E-state index contributed by atoms with van der Waals surface area (Å²) in [6.07, 6.45) is 2.77. The molecule has 0 saturated heterocycles. The molecule has 1 amide bonds. The SMILES string of the molecule is CSCCC(NC=O)C(=O)O.[Re]. The van der Waals surface area contributed by atoms with Gasteiger partial charge in [-0.1, -0.05) is 0 Å². The zero-order valence-corrected chi connectivity index (χ0v) is 10.2. The van der Waals surface area contributed by atoms with E-state index >= 15 is 0 Å². The molecule has 0 saturated carbocycles. The summed E-state index contributed by atoms with van der Waals surface area (Å²) in [5, 5.41) is 10.7. The standard InChI is InChI=1S/C6H11NO3S.Re/c1-11-3-2-5(6(9)10)7-4-8;/h4-5H,2-3H2,1H3,(H,7,8)(H,9,10);. The Bertz CT molecular complexity index is 145. The van der Waals surface area contributed by atoms with Crippen LogP contribution in [-0.4, -0.2) is 35.5 Å². The van der Waals surface area contributed by atoms with Gasteiger partial charge in [-0.15, -0.1) is 0 Å². The Hall–Kier alpha value is -0.0477. The fraction of sp³-hybridized carbons (Fsp3) is 0.667. The second-order valence-electron chi connectivity index (χ2n) is 1.96. The van der Waals surface area contributed by atoms with Crippen LogP contribution in [0.4, 0.5) is 0 Å². The number of carbonyl (C=O) groups excluding carboxylic acids is 1. The van der Waals surface area contributed by atoms with E-state index in [0.29, 0.717) is 12.8 Å². The number of rotatable bonds is 6. The molecule has 1 radical (unpaired) electrons. The summed E-state index contributed by atoms with van der Waals surface area (Å²) in [5.74, 6) is -0.246. The van der Waals surface area contributed by atoms with Gasteiger partial charge < -0.3 is 10.4 Å². The predicted molar refractivity (Wildman–Crippen MR) is 43.6 cm³/mol. The van der Waals surface area contributed by atoms with E-state index in [1.807, 2.05) is 6.26 Å². The first-order valence-corrected chi connectivity index (χ1v) is 4.53. The molecule has 0 spiro atoms. The maximum atomic E-state index is 10.4. The zero-order chi connectivity index (χ0) is 8.69. The minimum absolute atomic E-state index is 0. The molecule has 4 nitrogen and oxygen atoms in total. The van der Waals surface area contributed by atoms with Gasteiger partial charge in [0.25, 0.3) is 0 Å². The maximum absolute atomic E-state index is 10.4. The number of thioether (sulfide) groups is 1. The van der Waals surface area contributed by atoms with Crippen LogP contribution in [-0.2, 0) is 30.0 Å². The molecule has 2 N–H and O–H groups in total. The van der Waals surface area contributed by atoms with Gasteiger partial charge in [-0.2, -0.15) is 11.8 Å². The van der Waals surface area contributed by atoms with Gasteiger partial charge in [0.05, 0.1) is 0 Å². The maximum Gasteiger partial charge on any atom is 0.326 e. The Kier molecular flexibility index (Phi) is 10.9. The zero-order valence-electron chi connectivity index (χ0n) is 6.62. The van der Waals surface area contributed by atoms with Crippen molar-refractivity contribution in [3.05, 3.63) is 0 Å². The molecule has 1 atom stereocenters. The van der Waals surface area contributed by atoms with Gasteiger partial charge in [-0.05, 0) is 18.4 Å². The largest absolute Gasteiger partial charge is 0.480 e. The Labute approximate surface area is 89.1 Å². The van der Waals surface area contributed by atoms with Crippen LogP contribution in [0.5, 0.6) is 0 Å². The molecule has 0 aromatic carbocycles. The van der Waals surface area contributed by atoms with E-state index in [9.17, 15) is 9.59 Å². The Morgan fingerprint density at radius 1 is 1.75 bits per heavy atom. The number of amides is 1. The number of carboxylic acids is 1. The van der Waals surface area contributed by atoms with E-state index in [-0.39, 0.29) is 20.4 Å². The molecular weight excluding hydrogens is 352 g/mol. The number of hydrogen-bond acceptors (Lipinski definition) is 3. The molecular formula is C6H11NO3ReS. The Morgan fingerprint density at radius 2 is 2.33 bits per heavy atom. The molecule has 0 aliphatic rings. The average molecular weight is 363 g/mol. The molecule has 0 fully saturated rings. The van der Waals surface area contributed by atoms with Gasteiger partial charge in [0, 0.05) is 20.4 Å². The van der Waals surface area contributed by atoms with Crippen molar-refractivity contribution >= 4 is 24.1 Å². The smallest absolute Gasteiger partial charge is 0.326 e. The molecule has 12 heavy (non-hydrogen) atoms. The van der Waals surface area contributed by atoms with E-state index < -0.39 is 12.0 Å². The van der Waals surface area contributed by atoms with Crippen molar-refractivity contribution in [3.63, 3.8) is 0 Å². The molecule has 1 unspecified atom stereocenters. The molecule has 0 aromatic rings. The third kappa shape index (κ3) is 6.65. The first-order valence-electron chi connectivity index (χ1n) is 3.13. The topological polar surface area (TPSA) is 66.4 Å². The molecule has 0 bridgehead atoms. The van der Waals surface area contributed by atoms with Crippen molar-refractivity contribution in [2.45, 2.75) is 12.5 Å². The number of carbonyl (C=O) groups is 2. The van der Waals surface area contributed by atoms with Gasteiger partial charge in [0.2, 0.25) is 6.41 Å². The van der Waals surface area contributed by atoms with Gasteiger partial charge in [0.15, 0.2) is 0 Å². The minimum Gasteiger partial charge on any atom is -0.480 e. The van der Waals surface area contributed by atoms with Crippen LogP contribution in [0, 0.1) is 0 Å². The summed E-state index contributed by atoms with van der Waals surface area (Å²) in [6.45, 7) is 0. The number of carboxylic acid groups (broad SMARTS) is 1. The number of hydrogen-bond donors (Lipinski definition) is 2. The second-order valence-corrected chi connectivity index (χ2v) is 2.94. The minimum atomic E-state index is -0.980. The van der Waals surface area contributed by atoms with E-state index in [1.54, 1.807) is 11.8 Å². The summed E-state index contributed by atoms with van der Waals surface area (Å²) in [4.78, 5) is 20.3. The van der Waals surface area contributed by atoms with E-state index in [1.165, 1.54) is 0 Å². The van der Waals surface area contributed by atoms with Gasteiger partial charge in [-0.25, -0.2) is 4.79 Å². The number of aliphatic carboxylic acids is 1. The fourth-order valence-corrected chi connectivity index (χ4v) is 1.07. The summed E-state index contributed by atoms with van der Waals surface area (Å²) < 4.78 is 0. The third-order valence-electron chi connectivity index (χ3n) is 1.18. The number of nitrogens with one attached hydrogen (secondary N) is 1. The van der Waals surface area contributed by atoms with Crippen LogP contribution in [0.15, 0.2) is 0 Å². The summed E-state index contributed by atoms with van der Waals surface area (Å²) in [5.41, 5.74) is 0. The van der Waals surface area contributed by atoms with Crippen LogP contribution in [0.25, 0.3) is 0 Å². The van der Waals surface area contributed by atoms with Crippen LogP contribution in [0.2, 0.25) is 0 Å². The second kappa shape index (κ2) is 9.04. The predicted octanol–water partition coefficient (Wildman–Crippen LogP) is -0.0638. The molecule has 71 valence electrons. The van der Waals surface area contributed by atoms with Crippen molar-refractivity contribution in [1.82, 2.24) is 5.32 Å².